The molecule has 0 aromatic carbocycles. The van der Waals surface area contributed by atoms with Crippen LogP contribution in [0.2, 0.25) is 0 Å². The first kappa shape index (κ1) is 14.8. The number of aromatic amines is 1. The molecule has 0 saturated carbocycles. The fourth-order valence-corrected chi connectivity index (χ4v) is 2.58. The Kier molecular flexibility index (Phi) is 4.95. The Hall–Kier alpha value is -1.62. The van der Waals surface area contributed by atoms with Crippen LogP contribution in [0.1, 0.15) is 54.2 Å². The number of rotatable bonds is 5. The highest BCUT2D eigenvalue weighted by Gasteiger charge is 2.17. The second kappa shape index (κ2) is 6.70. The van der Waals surface area contributed by atoms with Crippen LogP contribution >= 0.6 is 0 Å². The topological polar surface area (TPSA) is 82.2 Å². The van der Waals surface area contributed by atoms with Crippen molar-refractivity contribution < 1.29 is 9.90 Å². The fourth-order valence-electron chi connectivity index (χ4n) is 2.58. The van der Waals surface area contributed by atoms with Gasteiger partial charge in [-0.2, -0.15) is 0 Å². The number of carbonyl (C=O) groups excluding carboxylic acids is 1. The molecule has 1 amide bonds. The molecule has 5 nitrogen and oxygen atoms in total. The largest absolute Gasteiger partial charge is 0.391 e. The van der Waals surface area contributed by atoms with E-state index in [4.69, 9.17) is 0 Å². The molecule has 5 heteroatoms. The number of hydrogen-bond donors (Lipinski definition) is 3. The summed E-state index contributed by atoms with van der Waals surface area (Å²) in [7, 11) is 0. The van der Waals surface area contributed by atoms with E-state index in [1.165, 1.54) is 0 Å². The third kappa shape index (κ3) is 3.48. The van der Waals surface area contributed by atoms with Crippen LogP contribution in [0.15, 0.2) is 10.9 Å². The summed E-state index contributed by atoms with van der Waals surface area (Å²) in [5, 5.41) is 12.2. The highest BCUT2D eigenvalue weighted by molar-refractivity contribution is 5.94. The van der Waals surface area contributed by atoms with Gasteiger partial charge in [-0.05, 0) is 43.7 Å². The number of aliphatic hydroxyl groups excluding tert-OH is 1. The maximum atomic E-state index is 12.0. The first-order valence-corrected chi connectivity index (χ1v) is 7.33. The summed E-state index contributed by atoms with van der Waals surface area (Å²) in [6, 6.07) is 1.70. The average Bonchev–Trinajstić information content (AvgIpc) is 2.44. The Morgan fingerprint density at radius 1 is 1.45 bits per heavy atom. The van der Waals surface area contributed by atoms with Crippen LogP contribution in [0.4, 0.5) is 0 Å². The Morgan fingerprint density at radius 3 is 2.95 bits per heavy atom. The van der Waals surface area contributed by atoms with E-state index in [0.717, 1.165) is 43.4 Å². The van der Waals surface area contributed by atoms with Crippen LogP contribution in [0.3, 0.4) is 0 Å². The van der Waals surface area contributed by atoms with E-state index in [2.05, 4.69) is 10.3 Å². The summed E-state index contributed by atoms with van der Waals surface area (Å²) in [4.78, 5) is 26.8. The lowest BCUT2D eigenvalue weighted by atomic mass is 9.95. The van der Waals surface area contributed by atoms with Gasteiger partial charge in [0.1, 0.15) is 5.56 Å². The number of hydrogen-bond acceptors (Lipinski definition) is 3. The second-order valence-electron chi connectivity index (χ2n) is 5.38. The molecule has 0 radical (unpaired) electrons. The van der Waals surface area contributed by atoms with Crippen molar-refractivity contribution in [3.05, 3.63) is 33.2 Å². The molecule has 1 heterocycles. The summed E-state index contributed by atoms with van der Waals surface area (Å²) in [5.74, 6) is -0.408. The number of aromatic nitrogens is 1. The molecule has 0 saturated heterocycles. The molecule has 1 aromatic rings. The van der Waals surface area contributed by atoms with Gasteiger partial charge in [0.25, 0.3) is 11.5 Å². The maximum Gasteiger partial charge on any atom is 0.261 e. The van der Waals surface area contributed by atoms with Gasteiger partial charge in [-0.1, -0.05) is 13.3 Å². The predicted octanol–water partition coefficient (Wildman–Crippen LogP) is 1.14. The van der Waals surface area contributed by atoms with Crippen molar-refractivity contribution in [1.82, 2.24) is 10.3 Å². The van der Waals surface area contributed by atoms with Gasteiger partial charge in [0.05, 0.1) is 6.10 Å². The molecule has 3 N–H and O–H groups in total. The summed E-state index contributed by atoms with van der Waals surface area (Å²) < 4.78 is 0. The van der Waals surface area contributed by atoms with Crippen molar-refractivity contribution >= 4 is 5.91 Å². The highest BCUT2D eigenvalue weighted by atomic mass is 16.3. The van der Waals surface area contributed by atoms with Crippen molar-refractivity contribution in [2.75, 3.05) is 6.54 Å². The Balaban J connectivity index is 2.08. The molecule has 1 aliphatic carbocycles. The van der Waals surface area contributed by atoms with Gasteiger partial charge in [-0.15, -0.1) is 0 Å². The zero-order chi connectivity index (χ0) is 14.5. The van der Waals surface area contributed by atoms with Crippen molar-refractivity contribution in [3.63, 3.8) is 0 Å². The van der Waals surface area contributed by atoms with Gasteiger partial charge in [-0.3, -0.25) is 9.59 Å². The number of fused-ring (bicyclic) bond motifs is 1. The zero-order valence-corrected chi connectivity index (χ0v) is 11.9. The third-order valence-corrected chi connectivity index (χ3v) is 3.70. The van der Waals surface area contributed by atoms with Crippen LogP contribution < -0.4 is 10.9 Å². The number of nitrogens with one attached hydrogen (secondary N) is 2. The van der Waals surface area contributed by atoms with E-state index in [1.807, 2.05) is 6.92 Å². The standard InChI is InChI=1S/C15H22N2O3/c1-2-5-11(18)9-16-14(19)12-8-10-6-3-4-7-13(10)17-15(12)20/h8,11,18H,2-7,9H2,1H3,(H,16,19)(H,17,20). The molecule has 1 unspecified atom stereocenters. The lowest BCUT2D eigenvalue weighted by Crippen LogP contribution is -2.35. The van der Waals surface area contributed by atoms with Crippen molar-refractivity contribution in [2.24, 2.45) is 0 Å². The van der Waals surface area contributed by atoms with E-state index in [0.29, 0.717) is 6.42 Å². The van der Waals surface area contributed by atoms with E-state index in [-0.39, 0.29) is 17.7 Å². The van der Waals surface area contributed by atoms with Crippen LogP contribution in [-0.2, 0) is 12.8 Å². The second-order valence-corrected chi connectivity index (χ2v) is 5.38. The van der Waals surface area contributed by atoms with E-state index < -0.39 is 12.0 Å². The van der Waals surface area contributed by atoms with Crippen molar-refractivity contribution in [1.29, 1.82) is 0 Å². The molecule has 0 aliphatic heterocycles. The lowest BCUT2D eigenvalue weighted by molar-refractivity contribution is 0.0908. The number of H-pyrrole nitrogens is 1. The first-order chi connectivity index (χ1) is 9.61. The molecular formula is C15H22N2O3. The molecule has 20 heavy (non-hydrogen) atoms. The molecular weight excluding hydrogens is 256 g/mol. The molecule has 2 rings (SSSR count). The lowest BCUT2D eigenvalue weighted by Gasteiger charge is -2.16. The summed E-state index contributed by atoms with van der Waals surface area (Å²) >= 11 is 0. The van der Waals surface area contributed by atoms with Crippen LogP contribution in [0.5, 0.6) is 0 Å². The molecule has 1 aliphatic rings. The number of pyridine rings is 1. The van der Waals surface area contributed by atoms with Gasteiger partial charge < -0.3 is 15.4 Å². The fraction of sp³-hybridized carbons (Fsp3) is 0.600. The van der Waals surface area contributed by atoms with Crippen LogP contribution in [0.25, 0.3) is 0 Å². The summed E-state index contributed by atoms with van der Waals surface area (Å²) in [6.45, 7) is 2.16. The van der Waals surface area contributed by atoms with Gasteiger partial charge in [0.2, 0.25) is 0 Å². The molecule has 0 bridgehead atoms. The van der Waals surface area contributed by atoms with E-state index in [9.17, 15) is 14.7 Å². The average molecular weight is 278 g/mol. The van der Waals surface area contributed by atoms with Gasteiger partial charge >= 0.3 is 0 Å². The monoisotopic (exact) mass is 278 g/mol. The predicted molar refractivity (Wildman–Crippen MR) is 77.0 cm³/mol. The normalized spacial score (nSPS) is 15.5. The number of amides is 1. The molecule has 1 atom stereocenters. The molecule has 0 spiro atoms. The quantitative estimate of drug-likeness (QED) is 0.755. The SMILES string of the molecule is CCCC(O)CNC(=O)c1cc2c([nH]c1=O)CCCC2. The Labute approximate surface area is 118 Å². The zero-order valence-electron chi connectivity index (χ0n) is 11.9. The highest BCUT2D eigenvalue weighted by Crippen LogP contribution is 2.18. The third-order valence-electron chi connectivity index (χ3n) is 3.70. The minimum absolute atomic E-state index is 0.148. The molecule has 1 aromatic heterocycles. The number of carbonyl (C=O) groups is 1. The van der Waals surface area contributed by atoms with E-state index >= 15 is 0 Å². The van der Waals surface area contributed by atoms with Gasteiger partial charge in [0, 0.05) is 12.2 Å². The minimum Gasteiger partial charge on any atom is -0.391 e. The number of aryl methyl sites for hydroxylation is 2. The smallest absolute Gasteiger partial charge is 0.261 e. The molecule has 110 valence electrons. The summed E-state index contributed by atoms with van der Waals surface area (Å²) in [5.41, 5.74) is 1.83. The summed E-state index contributed by atoms with van der Waals surface area (Å²) in [6.07, 6.45) is 4.90. The first-order valence-electron chi connectivity index (χ1n) is 7.33. The van der Waals surface area contributed by atoms with Crippen molar-refractivity contribution in [2.45, 2.75) is 51.6 Å². The Morgan fingerprint density at radius 2 is 2.20 bits per heavy atom. The van der Waals surface area contributed by atoms with Crippen LogP contribution in [-0.4, -0.2) is 28.6 Å². The molecule has 0 fully saturated rings. The minimum atomic E-state index is -0.555. The van der Waals surface area contributed by atoms with Crippen LogP contribution in [0, 0.1) is 0 Å². The van der Waals surface area contributed by atoms with Crippen molar-refractivity contribution in [3.8, 4) is 0 Å². The van der Waals surface area contributed by atoms with E-state index in [1.54, 1.807) is 6.07 Å². The maximum absolute atomic E-state index is 12.0. The number of aliphatic hydroxyl groups is 1. The van der Waals surface area contributed by atoms with Gasteiger partial charge in [0.15, 0.2) is 0 Å². The Bertz CT molecular complexity index is 536. The van der Waals surface area contributed by atoms with Gasteiger partial charge in [-0.25, -0.2) is 0 Å².